The number of hydrogen-bond donors (Lipinski definition) is 1. The average molecular weight is 236 g/mol. The van der Waals surface area contributed by atoms with Crippen LogP contribution in [0.1, 0.15) is 16.5 Å². The number of halogens is 1. The molecule has 0 saturated carbocycles. The van der Waals surface area contributed by atoms with E-state index in [1.54, 1.807) is 11.3 Å². The Morgan fingerprint density at radius 2 is 2.13 bits per heavy atom. The van der Waals surface area contributed by atoms with Crippen molar-refractivity contribution >= 4 is 28.6 Å². The highest BCUT2D eigenvalue weighted by Crippen LogP contribution is 2.38. The summed E-state index contributed by atoms with van der Waals surface area (Å²) >= 11 is 7.86. The molecule has 1 nitrogen and oxygen atoms in total. The lowest BCUT2D eigenvalue weighted by atomic mass is 10.1. The Morgan fingerprint density at radius 1 is 1.27 bits per heavy atom. The molecule has 1 unspecified atom stereocenters. The molecule has 15 heavy (non-hydrogen) atoms. The molecule has 0 saturated heterocycles. The van der Waals surface area contributed by atoms with Gasteiger partial charge >= 0.3 is 0 Å². The van der Waals surface area contributed by atoms with E-state index in [4.69, 9.17) is 11.6 Å². The predicted molar refractivity (Wildman–Crippen MR) is 65.8 cm³/mol. The number of nitrogens with one attached hydrogen (secondary N) is 1. The van der Waals surface area contributed by atoms with E-state index in [1.165, 1.54) is 16.1 Å². The molecule has 3 heteroatoms. The van der Waals surface area contributed by atoms with E-state index in [9.17, 15) is 0 Å². The summed E-state index contributed by atoms with van der Waals surface area (Å²) in [5.41, 5.74) is 2.62. The van der Waals surface area contributed by atoms with Gasteiger partial charge in [-0.25, -0.2) is 0 Å². The molecule has 1 aliphatic rings. The van der Waals surface area contributed by atoms with Crippen molar-refractivity contribution in [3.05, 3.63) is 51.2 Å². The zero-order valence-corrected chi connectivity index (χ0v) is 9.61. The van der Waals surface area contributed by atoms with Gasteiger partial charge in [0.05, 0.1) is 11.1 Å². The minimum Gasteiger partial charge on any atom is -0.377 e. The quantitative estimate of drug-likeness (QED) is 0.785. The third kappa shape index (κ3) is 1.54. The molecule has 0 amide bonds. The highest BCUT2D eigenvalue weighted by Gasteiger charge is 2.23. The summed E-state index contributed by atoms with van der Waals surface area (Å²) in [5, 5.41) is 6.43. The summed E-state index contributed by atoms with van der Waals surface area (Å²) in [6.45, 7) is 0. The van der Waals surface area contributed by atoms with Crippen LogP contribution in [0.5, 0.6) is 0 Å². The smallest absolute Gasteiger partial charge is 0.0662 e. The van der Waals surface area contributed by atoms with Gasteiger partial charge < -0.3 is 5.32 Å². The Kier molecular flexibility index (Phi) is 2.19. The minimum absolute atomic E-state index is 0.356. The zero-order valence-electron chi connectivity index (χ0n) is 8.03. The maximum atomic E-state index is 6.13. The summed E-state index contributed by atoms with van der Waals surface area (Å²) < 4.78 is 0. The number of hydrogen-bond acceptors (Lipinski definition) is 2. The van der Waals surface area contributed by atoms with Crippen molar-refractivity contribution in [3.8, 4) is 0 Å². The third-order valence-electron chi connectivity index (χ3n) is 2.73. The van der Waals surface area contributed by atoms with E-state index in [-0.39, 0.29) is 0 Å². The third-order valence-corrected chi connectivity index (χ3v) is 4.20. The van der Waals surface area contributed by atoms with Gasteiger partial charge in [0, 0.05) is 10.6 Å². The topological polar surface area (TPSA) is 12.0 Å². The number of rotatable bonds is 1. The first kappa shape index (κ1) is 9.25. The lowest BCUT2D eigenvalue weighted by molar-refractivity contribution is 0.843. The number of benzene rings is 1. The van der Waals surface area contributed by atoms with Crippen LogP contribution in [0.2, 0.25) is 5.02 Å². The first-order valence-electron chi connectivity index (χ1n) is 4.92. The number of para-hydroxylation sites is 1. The second-order valence-electron chi connectivity index (χ2n) is 3.69. The SMILES string of the molecule is Clc1ccsc1C1Cc2ccccc2N1. The van der Waals surface area contributed by atoms with Gasteiger partial charge in [0.25, 0.3) is 0 Å². The van der Waals surface area contributed by atoms with Crippen LogP contribution in [-0.4, -0.2) is 0 Å². The van der Waals surface area contributed by atoms with Crippen molar-refractivity contribution in [1.82, 2.24) is 0 Å². The fourth-order valence-electron chi connectivity index (χ4n) is 2.01. The average Bonchev–Trinajstić information content (AvgIpc) is 2.82. The molecule has 0 fully saturated rings. The van der Waals surface area contributed by atoms with Crippen LogP contribution >= 0.6 is 22.9 Å². The van der Waals surface area contributed by atoms with Crippen molar-refractivity contribution in [2.24, 2.45) is 0 Å². The Balaban J connectivity index is 1.94. The van der Waals surface area contributed by atoms with Gasteiger partial charge in [0.2, 0.25) is 0 Å². The van der Waals surface area contributed by atoms with Gasteiger partial charge in [0.15, 0.2) is 0 Å². The molecule has 1 aromatic heterocycles. The normalized spacial score (nSPS) is 18.6. The van der Waals surface area contributed by atoms with Crippen LogP contribution in [0.15, 0.2) is 35.7 Å². The Labute approximate surface area is 97.7 Å². The lowest BCUT2D eigenvalue weighted by Crippen LogP contribution is -2.03. The molecule has 76 valence electrons. The predicted octanol–water partition coefficient (Wildman–Crippen LogP) is 4.11. The molecule has 0 radical (unpaired) electrons. The molecule has 3 rings (SSSR count). The summed E-state index contributed by atoms with van der Waals surface area (Å²) in [7, 11) is 0. The Hall–Kier alpha value is -0.990. The Morgan fingerprint density at radius 3 is 2.87 bits per heavy atom. The second-order valence-corrected chi connectivity index (χ2v) is 5.05. The maximum absolute atomic E-state index is 6.13. The molecule has 2 heterocycles. The van der Waals surface area contributed by atoms with E-state index in [0.717, 1.165) is 11.4 Å². The van der Waals surface area contributed by atoms with Gasteiger partial charge in [-0.1, -0.05) is 29.8 Å². The van der Waals surface area contributed by atoms with Gasteiger partial charge in [-0.2, -0.15) is 0 Å². The number of thiophene rings is 1. The van der Waals surface area contributed by atoms with E-state index >= 15 is 0 Å². The standard InChI is InChI=1S/C12H10ClNS/c13-9-5-6-15-12(9)11-7-8-3-1-2-4-10(8)14-11/h1-6,11,14H,7H2. The highest BCUT2D eigenvalue weighted by molar-refractivity contribution is 7.10. The molecule has 0 aliphatic carbocycles. The summed E-state index contributed by atoms with van der Waals surface area (Å²) in [6.07, 6.45) is 1.04. The van der Waals surface area contributed by atoms with E-state index in [0.29, 0.717) is 6.04 Å². The molecule has 1 aromatic carbocycles. The first-order chi connectivity index (χ1) is 7.34. The van der Waals surface area contributed by atoms with Gasteiger partial charge in [-0.15, -0.1) is 11.3 Å². The number of fused-ring (bicyclic) bond motifs is 1. The van der Waals surface area contributed by atoms with Crippen LogP contribution < -0.4 is 5.32 Å². The van der Waals surface area contributed by atoms with Crippen LogP contribution in [0.3, 0.4) is 0 Å². The summed E-state index contributed by atoms with van der Waals surface area (Å²) in [4.78, 5) is 1.24. The van der Waals surface area contributed by atoms with Crippen LogP contribution in [0.4, 0.5) is 5.69 Å². The maximum Gasteiger partial charge on any atom is 0.0662 e. The van der Waals surface area contributed by atoms with E-state index in [2.05, 4.69) is 29.6 Å². The van der Waals surface area contributed by atoms with Gasteiger partial charge in [-0.05, 0) is 29.5 Å². The van der Waals surface area contributed by atoms with Crippen molar-refractivity contribution < 1.29 is 0 Å². The molecule has 1 N–H and O–H groups in total. The van der Waals surface area contributed by atoms with Crippen LogP contribution in [0.25, 0.3) is 0 Å². The van der Waals surface area contributed by atoms with Gasteiger partial charge in [0.1, 0.15) is 0 Å². The second kappa shape index (κ2) is 3.54. The fraction of sp³-hybridized carbons (Fsp3) is 0.167. The van der Waals surface area contributed by atoms with Crippen molar-refractivity contribution in [1.29, 1.82) is 0 Å². The minimum atomic E-state index is 0.356. The van der Waals surface area contributed by atoms with Gasteiger partial charge in [-0.3, -0.25) is 0 Å². The number of anilines is 1. The molecule has 2 aromatic rings. The van der Waals surface area contributed by atoms with Crippen molar-refractivity contribution in [3.63, 3.8) is 0 Å². The molecule has 0 bridgehead atoms. The van der Waals surface area contributed by atoms with E-state index < -0.39 is 0 Å². The molecular weight excluding hydrogens is 226 g/mol. The van der Waals surface area contributed by atoms with Crippen molar-refractivity contribution in [2.45, 2.75) is 12.5 Å². The Bertz CT molecular complexity index is 467. The summed E-state index contributed by atoms with van der Waals surface area (Å²) in [6, 6.07) is 10.8. The summed E-state index contributed by atoms with van der Waals surface area (Å²) in [5.74, 6) is 0. The molecule has 1 atom stereocenters. The van der Waals surface area contributed by atoms with Crippen LogP contribution in [0, 0.1) is 0 Å². The largest absolute Gasteiger partial charge is 0.377 e. The zero-order chi connectivity index (χ0) is 10.3. The first-order valence-corrected chi connectivity index (χ1v) is 6.17. The molecule has 0 spiro atoms. The van der Waals surface area contributed by atoms with Crippen LogP contribution in [-0.2, 0) is 6.42 Å². The highest BCUT2D eigenvalue weighted by atomic mass is 35.5. The monoisotopic (exact) mass is 235 g/mol. The molecular formula is C12H10ClNS. The lowest BCUT2D eigenvalue weighted by Gasteiger charge is -2.09. The molecule has 1 aliphatic heterocycles. The fourth-order valence-corrected chi connectivity index (χ4v) is 3.25. The van der Waals surface area contributed by atoms with Crippen molar-refractivity contribution in [2.75, 3.05) is 5.32 Å². The van der Waals surface area contributed by atoms with E-state index in [1.807, 2.05) is 11.4 Å².